The number of amides is 1. The van der Waals surface area contributed by atoms with E-state index in [9.17, 15) is 10.1 Å². The molecule has 0 bridgehead atoms. The Morgan fingerprint density at radius 1 is 1.06 bits per heavy atom. The SMILES string of the molecule is CCOc1cc(/C=C(/C#N)C(=O)NCCCc2ccccc2)cc(Br)c1OCc1ccc(C)cc1. The van der Waals surface area contributed by atoms with Crippen molar-refractivity contribution in [3.8, 4) is 17.6 Å². The molecule has 0 saturated carbocycles. The van der Waals surface area contributed by atoms with E-state index in [0.717, 1.165) is 18.4 Å². The van der Waals surface area contributed by atoms with Crippen molar-refractivity contribution < 1.29 is 14.3 Å². The van der Waals surface area contributed by atoms with Gasteiger partial charge >= 0.3 is 0 Å². The van der Waals surface area contributed by atoms with Gasteiger partial charge in [0.25, 0.3) is 5.91 Å². The van der Waals surface area contributed by atoms with Crippen LogP contribution in [0.2, 0.25) is 0 Å². The molecule has 0 heterocycles. The number of nitriles is 1. The van der Waals surface area contributed by atoms with Crippen molar-refractivity contribution in [3.05, 3.63) is 99.0 Å². The molecule has 0 unspecified atom stereocenters. The topological polar surface area (TPSA) is 71.3 Å². The molecular formula is C29H29BrN2O3. The molecule has 180 valence electrons. The van der Waals surface area contributed by atoms with Gasteiger partial charge in [0.2, 0.25) is 0 Å². The van der Waals surface area contributed by atoms with Crippen molar-refractivity contribution in [2.75, 3.05) is 13.2 Å². The number of aryl methyl sites for hydroxylation is 2. The zero-order valence-corrected chi connectivity index (χ0v) is 21.6. The number of hydrogen-bond acceptors (Lipinski definition) is 4. The molecule has 1 amide bonds. The molecule has 0 saturated heterocycles. The van der Waals surface area contributed by atoms with E-state index in [1.54, 1.807) is 12.1 Å². The normalized spacial score (nSPS) is 11.0. The van der Waals surface area contributed by atoms with Gasteiger partial charge in [0.15, 0.2) is 11.5 Å². The predicted molar refractivity (Wildman–Crippen MR) is 142 cm³/mol. The molecule has 6 heteroatoms. The minimum absolute atomic E-state index is 0.0346. The van der Waals surface area contributed by atoms with Gasteiger partial charge in [-0.25, -0.2) is 0 Å². The Labute approximate surface area is 215 Å². The number of halogens is 1. The molecule has 5 nitrogen and oxygen atoms in total. The van der Waals surface area contributed by atoms with Crippen LogP contribution in [0.1, 0.15) is 35.6 Å². The van der Waals surface area contributed by atoms with E-state index < -0.39 is 5.91 Å². The second-order valence-electron chi connectivity index (χ2n) is 8.05. The van der Waals surface area contributed by atoms with E-state index in [0.29, 0.717) is 41.3 Å². The molecule has 3 aromatic rings. The first kappa shape index (κ1) is 26.1. The quantitative estimate of drug-likeness (QED) is 0.176. The van der Waals surface area contributed by atoms with Crippen LogP contribution < -0.4 is 14.8 Å². The van der Waals surface area contributed by atoms with Gasteiger partial charge in [0.05, 0.1) is 11.1 Å². The molecule has 3 aromatic carbocycles. The van der Waals surface area contributed by atoms with E-state index in [2.05, 4.69) is 33.4 Å². The minimum atomic E-state index is -0.394. The van der Waals surface area contributed by atoms with Crippen molar-refractivity contribution in [3.63, 3.8) is 0 Å². The second kappa shape index (κ2) is 13.4. The highest BCUT2D eigenvalue weighted by molar-refractivity contribution is 9.10. The van der Waals surface area contributed by atoms with E-state index in [1.807, 2.05) is 68.4 Å². The number of hydrogen-bond donors (Lipinski definition) is 1. The second-order valence-corrected chi connectivity index (χ2v) is 8.91. The summed E-state index contributed by atoms with van der Waals surface area (Å²) in [5.41, 5.74) is 4.15. The van der Waals surface area contributed by atoms with Gasteiger partial charge in [0.1, 0.15) is 18.2 Å². The Morgan fingerprint density at radius 2 is 1.80 bits per heavy atom. The summed E-state index contributed by atoms with van der Waals surface area (Å²) in [6, 6.07) is 23.8. The third-order valence-corrected chi connectivity index (χ3v) is 5.87. The zero-order chi connectivity index (χ0) is 25.0. The summed E-state index contributed by atoms with van der Waals surface area (Å²) in [4.78, 5) is 12.6. The highest BCUT2D eigenvalue weighted by Crippen LogP contribution is 2.38. The first-order valence-corrected chi connectivity index (χ1v) is 12.4. The average Bonchev–Trinajstić information content (AvgIpc) is 2.86. The lowest BCUT2D eigenvalue weighted by molar-refractivity contribution is -0.117. The van der Waals surface area contributed by atoms with Crippen LogP contribution in [-0.2, 0) is 17.8 Å². The molecule has 0 radical (unpaired) electrons. The van der Waals surface area contributed by atoms with E-state index in [4.69, 9.17) is 9.47 Å². The number of nitrogens with zero attached hydrogens (tertiary/aromatic N) is 1. The zero-order valence-electron chi connectivity index (χ0n) is 20.0. The Kier molecular flexibility index (Phi) is 9.94. The molecule has 3 rings (SSSR count). The van der Waals surface area contributed by atoms with Crippen LogP contribution in [0.3, 0.4) is 0 Å². The van der Waals surface area contributed by atoms with Gasteiger partial charge in [-0.05, 0) is 77.5 Å². The molecule has 1 N–H and O–H groups in total. The third-order valence-electron chi connectivity index (χ3n) is 5.28. The molecule has 0 atom stereocenters. The van der Waals surface area contributed by atoms with Crippen LogP contribution in [0.4, 0.5) is 0 Å². The van der Waals surface area contributed by atoms with Gasteiger partial charge in [-0.3, -0.25) is 4.79 Å². The van der Waals surface area contributed by atoms with Crippen molar-refractivity contribution in [2.45, 2.75) is 33.3 Å². The maximum Gasteiger partial charge on any atom is 0.261 e. The van der Waals surface area contributed by atoms with Gasteiger partial charge in [-0.15, -0.1) is 0 Å². The van der Waals surface area contributed by atoms with Crippen LogP contribution in [0, 0.1) is 18.3 Å². The van der Waals surface area contributed by atoms with Crippen molar-refractivity contribution >= 4 is 27.9 Å². The van der Waals surface area contributed by atoms with Gasteiger partial charge in [-0.1, -0.05) is 60.2 Å². The van der Waals surface area contributed by atoms with Gasteiger partial charge in [-0.2, -0.15) is 5.26 Å². The number of carbonyl (C=O) groups excluding carboxylic acids is 1. The maximum atomic E-state index is 12.6. The predicted octanol–water partition coefficient (Wildman–Crippen LogP) is 6.39. The van der Waals surface area contributed by atoms with Crippen molar-refractivity contribution in [1.29, 1.82) is 5.26 Å². The molecule has 0 aliphatic carbocycles. The number of benzene rings is 3. The van der Waals surface area contributed by atoms with E-state index in [-0.39, 0.29) is 5.57 Å². The monoisotopic (exact) mass is 532 g/mol. The Morgan fingerprint density at radius 3 is 2.49 bits per heavy atom. The molecule has 0 spiro atoms. The lowest BCUT2D eigenvalue weighted by Crippen LogP contribution is -2.25. The van der Waals surface area contributed by atoms with Crippen LogP contribution >= 0.6 is 15.9 Å². The lowest BCUT2D eigenvalue weighted by Gasteiger charge is -2.15. The van der Waals surface area contributed by atoms with Crippen LogP contribution in [0.15, 0.2) is 76.8 Å². The van der Waals surface area contributed by atoms with Gasteiger partial charge < -0.3 is 14.8 Å². The first-order chi connectivity index (χ1) is 17.0. The number of carbonyl (C=O) groups is 1. The van der Waals surface area contributed by atoms with E-state index in [1.165, 1.54) is 11.1 Å². The molecule has 35 heavy (non-hydrogen) atoms. The lowest BCUT2D eigenvalue weighted by atomic mass is 10.1. The van der Waals surface area contributed by atoms with E-state index >= 15 is 0 Å². The fraction of sp³-hybridized carbons (Fsp3) is 0.241. The summed E-state index contributed by atoms with van der Waals surface area (Å²) in [6.45, 7) is 5.27. The number of rotatable bonds is 11. The van der Waals surface area contributed by atoms with Crippen LogP contribution in [-0.4, -0.2) is 19.1 Å². The number of nitrogens with one attached hydrogen (secondary N) is 1. The van der Waals surface area contributed by atoms with Crippen LogP contribution in [0.5, 0.6) is 11.5 Å². The van der Waals surface area contributed by atoms with Gasteiger partial charge in [0, 0.05) is 6.54 Å². The smallest absolute Gasteiger partial charge is 0.261 e. The largest absolute Gasteiger partial charge is 0.490 e. The van der Waals surface area contributed by atoms with Crippen LogP contribution in [0.25, 0.3) is 6.08 Å². The third kappa shape index (κ3) is 8.01. The molecule has 0 aliphatic rings. The fourth-order valence-corrected chi connectivity index (χ4v) is 4.04. The summed E-state index contributed by atoms with van der Waals surface area (Å²) >= 11 is 3.56. The fourth-order valence-electron chi connectivity index (χ4n) is 3.46. The Bertz CT molecular complexity index is 1200. The summed E-state index contributed by atoms with van der Waals surface area (Å²) in [5, 5.41) is 12.4. The average molecular weight is 533 g/mol. The Balaban J connectivity index is 1.68. The summed E-state index contributed by atoms with van der Waals surface area (Å²) < 4.78 is 12.5. The van der Waals surface area contributed by atoms with Crippen molar-refractivity contribution in [2.24, 2.45) is 0 Å². The Hall–Kier alpha value is -3.56. The highest BCUT2D eigenvalue weighted by atomic mass is 79.9. The summed E-state index contributed by atoms with van der Waals surface area (Å²) in [6.07, 6.45) is 3.21. The molecular weight excluding hydrogens is 504 g/mol. The molecule has 0 aromatic heterocycles. The summed E-state index contributed by atoms with van der Waals surface area (Å²) in [5.74, 6) is 0.726. The first-order valence-electron chi connectivity index (χ1n) is 11.6. The minimum Gasteiger partial charge on any atom is -0.490 e. The standard InChI is InChI=1S/C29H29BrN2O3/c1-3-34-27-18-24(17-26(30)28(27)35-20-23-13-11-21(2)12-14-23)16-25(19-31)29(33)32-15-7-10-22-8-5-4-6-9-22/h4-6,8-9,11-14,16-18H,3,7,10,15,20H2,1-2H3,(H,32,33)/b25-16-. The summed E-state index contributed by atoms with van der Waals surface area (Å²) in [7, 11) is 0. The maximum absolute atomic E-state index is 12.6. The molecule has 0 aliphatic heterocycles. The molecule has 0 fully saturated rings. The number of ether oxygens (including phenoxy) is 2. The van der Waals surface area contributed by atoms with Crippen molar-refractivity contribution in [1.82, 2.24) is 5.32 Å². The highest BCUT2D eigenvalue weighted by Gasteiger charge is 2.14.